The highest BCUT2D eigenvalue weighted by Crippen LogP contribution is 2.31. The van der Waals surface area contributed by atoms with Gasteiger partial charge in [-0.05, 0) is 51.0 Å². The van der Waals surface area contributed by atoms with Crippen LogP contribution in [0.25, 0.3) is 0 Å². The van der Waals surface area contributed by atoms with Gasteiger partial charge in [-0.3, -0.25) is 0 Å². The van der Waals surface area contributed by atoms with Crippen LogP contribution >= 0.6 is 0 Å². The molecule has 6 nitrogen and oxygen atoms in total. The van der Waals surface area contributed by atoms with Gasteiger partial charge in [0.1, 0.15) is 11.6 Å². The fourth-order valence-corrected chi connectivity index (χ4v) is 4.40. The fraction of sp³-hybridized carbons (Fsp3) is 0.370. The molecule has 36 heavy (non-hydrogen) atoms. The number of amides is 2. The standard InChI is InChI=1S/C27H30F3N5O/c1-18-8-10-21(11-9-18)16-24-19(2)31-20(3)32-25(24)34-12-5-13-35(15-14-34)26(36)33-23-7-4-6-22(17-23)27(28,29)30/h4,6-11,17H,5,12-16H2,1-3H3,(H,33,36). The first-order valence-corrected chi connectivity index (χ1v) is 12.0. The Morgan fingerprint density at radius 1 is 0.972 bits per heavy atom. The summed E-state index contributed by atoms with van der Waals surface area (Å²) in [7, 11) is 0. The number of nitrogens with one attached hydrogen (secondary N) is 1. The highest BCUT2D eigenvalue weighted by Gasteiger charge is 2.31. The van der Waals surface area contributed by atoms with Crippen molar-refractivity contribution in [3.63, 3.8) is 0 Å². The van der Waals surface area contributed by atoms with Crippen LogP contribution in [0.1, 0.15) is 40.2 Å². The van der Waals surface area contributed by atoms with E-state index in [4.69, 9.17) is 4.98 Å². The van der Waals surface area contributed by atoms with E-state index in [-0.39, 0.29) is 5.69 Å². The first-order valence-electron chi connectivity index (χ1n) is 12.0. The quantitative estimate of drug-likeness (QED) is 0.498. The first kappa shape index (κ1) is 25.5. The molecule has 0 bridgehead atoms. The fourth-order valence-electron chi connectivity index (χ4n) is 4.40. The minimum absolute atomic E-state index is 0.123. The summed E-state index contributed by atoms with van der Waals surface area (Å²) in [5.41, 5.74) is 3.70. The van der Waals surface area contributed by atoms with Crippen molar-refractivity contribution in [2.75, 3.05) is 36.4 Å². The molecule has 1 saturated heterocycles. The first-order chi connectivity index (χ1) is 17.1. The molecule has 1 N–H and O–H groups in total. The normalized spacial score (nSPS) is 14.5. The molecule has 1 aliphatic rings. The van der Waals surface area contributed by atoms with Crippen LogP contribution in [0.4, 0.5) is 29.5 Å². The van der Waals surface area contributed by atoms with Crippen molar-refractivity contribution in [3.05, 3.63) is 82.3 Å². The topological polar surface area (TPSA) is 61.4 Å². The Labute approximate surface area is 209 Å². The van der Waals surface area contributed by atoms with E-state index in [9.17, 15) is 18.0 Å². The molecule has 2 amide bonds. The number of aryl methyl sites for hydroxylation is 3. The van der Waals surface area contributed by atoms with Crippen molar-refractivity contribution >= 4 is 17.5 Å². The van der Waals surface area contributed by atoms with Gasteiger partial charge in [-0.25, -0.2) is 14.8 Å². The molecule has 1 fully saturated rings. The van der Waals surface area contributed by atoms with Gasteiger partial charge in [0.15, 0.2) is 0 Å². The van der Waals surface area contributed by atoms with Crippen LogP contribution < -0.4 is 10.2 Å². The number of carbonyl (C=O) groups excluding carboxylic acids is 1. The number of anilines is 2. The average molecular weight is 498 g/mol. The van der Waals surface area contributed by atoms with Crippen molar-refractivity contribution in [1.29, 1.82) is 0 Å². The number of hydrogen-bond acceptors (Lipinski definition) is 4. The van der Waals surface area contributed by atoms with Crippen LogP contribution in [-0.2, 0) is 12.6 Å². The number of benzene rings is 2. The second kappa shape index (κ2) is 10.6. The third-order valence-corrected chi connectivity index (χ3v) is 6.33. The summed E-state index contributed by atoms with van der Waals surface area (Å²) in [4.78, 5) is 26.0. The molecule has 190 valence electrons. The van der Waals surface area contributed by atoms with Crippen LogP contribution in [0.15, 0.2) is 48.5 Å². The lowest BCUT2D eigenvalue weighted by atomic mass is 10.0. The predicted molar refractivity (Wildman–Crippen MR) is 134 cm³/mol. The molecule has 0 unspecified atom stereocenters. The molecule has 0 radical (unpaired) electrons. The largest absolute Gasteiger partial charge is 0.416 e. The lowest BCUT2D eigenvalue weighted by molar-refractivity contribution is -0.137. The summed E-state index contributed by atoms with van der Waals surface area (Å²) in [6, 6.07) is 12.7. The molecule has 4 rings (SSSR count). The summed E-state index contributed by atoms with van der Waals surface area (Å²) in [5, 5.41) is 2.62. The molecule has 0 spiro atoms. The van der Waals surface area contributed by atoms with Gasteiger partial charge < -0.3 is 15.1 Å². The smallest absolute Gasteiger partial charge is 0.354 e. The molecule has 3 aromatic rings. The van der Waals surface area contributed by atoms with Gasteiger partial charge in [-0.2, -0.15) is 13.2 Å². The number of hydrogen-bond donors (Lipinski definition) is 1. The van der Waals surface area contributed by atoms with E-state index in [0.29, 0.717) is 44.8 Å². The summed E-state index contributed by atoms with van der Waals surface area (Å²) >= 11 is 0. The second-order valence-electron chi connectivity index (χ2n) is 9.16. The number of aromatic nitrogens is 2. The maximum absolute atomic E-state index is 13.0. The van der Waals surface area contributed by atoms with Crippen molar-refractivity contribution in [2.45, 2.75) is 39.8 Å². The minimum Gasteiger partial charge on any atom is -0.354 e. The summed E-state index contributed by atoms with van der Waals surface area (Å²) in [6.07, 6.45) is -3.05. The Kier molecular flexibility index (Phi) is 7.47. The second-order valence-corrected chi connectivity index (χ2v) is 9.16. The molecule has 0 aliphatic carbocycles. The van der Waals surface area contributed by atoms with Gasteiger partial charge in [0.05, 0.1) is 5.56 Å². The van der Waals surface area contributed by atoms with E-state index < -0.39 is 17.8 Å². The molecule has 1 aliphatic heterocycles. The molecule has 9 heteroatoms. The maximum Gasteiger partial charge on any atom is 0.416 e. The van der Waals surface area contributed by atoms with Crippen molar-refractivity contribution in [3.8, 4) is 0 Å². The Bertz CT molecular complexity index is 1230. The molecule has 0 saturated carbocycles. The zero-order chi connectivity index (χ0) is 25.9. The van der Waals surface area contributed by atoms with E-state index in [1.807, 2.05) is 13.8 Å². The SMILES string of the molecule is Cc1ccc(Cc2c(C)nc(C)nc2N2CCCN(C(=O)Nc3cccc(C(F)(F)F)c3)CC2)cc1. The number of carbonyl (C=O) groups is 1. The van der Waals surface area contributed by atoms with Gasteiger partial charge in [0.2, 0.25) is 0 Å². The molecule has 1 aromatic heterocycles. The lowest BCUT2D eigenvalue weighted by Crippen LogP contribution is -2.38. The number of halogens is 3. The summed E-state index contributed by atoms with van der Waals surface area (Å²) < 4.78 is 39.1. The number of alkyl halides is 3. The molecule has 2 heterocycles. The maximum atomic E-state index is 13.0. The van der Waals surface area contributed by atoms with E-state index in [1.165, 1.54) is 23.3 Å². The molecule has 2 aromatic carbocycles. The number of rotatable bonds is 4. The van der Waals surface area contributed by atoms with E-state index in [2.05, 4.69) is 46.4 Å². The van der Waals surface area contributed by atoms with Gasteiger partial charge in [0, 0.05) is 49.5 Å². The molecular formula is C27H30F3N5O. The van der Waals surface area contributed by atoms with Crippen molar-refractivity contribution in [1.82, 2.24) is 14.9 Å². The van der Waals surface area contributed by atoms with Gasteiger partial charge >= 0.3 is 12.2 Å². The highest BCUT2D eigenvalue weighted by atomic mass is 19.4. The Morgan fingerprint density at radius 2 is 1.72 bits per heavy atom. The lowest BCUT2D eigenvalue weighted by Gasteiger charge is -2.26. The van der Waals surface area contributed by atoms with Crippen LogP contribution in [0, 0.1) is 20.8 Å². The Morgan fingerprint density at radius 3 is 2.44 bits per heavy atom. The van der Waals surface area contributed by atoms with E-state index in [1.54, 1.807) is 4.90 Å². The van der Waals surface area contributed by atoms with Crippen molar-refractivity contribution < 1.29 is 18.0 Å². The third kappa shape index (κ3) is 6.13. The van der Waals surface area contributed by atoms with Crippen LogP contribution in [-0.4, -0.2) is 47.1 Å². The minimum atomic E-state index is -4.46. The monoisotopic (exact) mass is 497 g/mol. The van der Waals surface area contributed by atoms with E-state index >= 15 is 0 Å². The van der Waals surface area contributed by atoms with Gasteiger partial charge in [0.25, 0.3) is 0 Å². The summed E-state index contributed by atoms with van der Waals surface area (Å²) in [5.74, 6) is 1.57. The molecular weight excluding hydrogens is 467 g/mol. The number of nitrogens with zero attached hydrogens (tertiary/aromatic N) is 4. The zero-order valence-corrected chi connectivity index (χ0v) is 20.7. The zero-order valence-electron chi connectivity index (χ0n) is 20.7. The van der Waals surface area contributed by atoms with Gasteiger partial charge in [-0.1, -0.05) is 35.9 Å². The van der Waals surface area contributed by atoms with Crippen LogP contribution in [0.3, 0.4) is 0 Å². The van der Waals surface area contributed by atoms with E-state index in [0.717, 1.165) is 29.2 Å². The Hall–Kier alpha value is -3.62. The van der Waals surface area contributed by atoms with Crippen molar-refractivity contribution in [2.24, 2.45) is 0 Å². The number of urea groups is 1. The van der Waals surface area contributed by atoms with Crippen LogP contribution in [0.5, 0.6) is 0 Å². The molecule has 0 atom stereocenters. The Balaban J connectivity index is 1.48. The average Bonchev–Trinajstić information content (AvgIpc) is 3.08. The predicted octanol–water partition coefficient (Wildman–Crippen LogP) is 5.76. The van der Waals surface area contributed by atoms with Crippen LogP contribution in [0.2, 0.25) is 0 Å². The third-order valence-electron chi connectivity index (χ3n) is 6.33. The summed E-state index contributed by atoms with van der Waals surface area (Å²) in [6.45, 7) is 8.13. The van der Waals surface area contributed by atoms with Gasteiger partial charge in [-0.15, -0.1) is 0 Å². The highest BCUT2D eigenvalue weighted by molar-refractivity contribution is 5.89.